The standard InChI is InChI=1S/C26H28ClN3O5/c1-2-20-22(25(32)34-15-16-6-4-3-5-7-16)23(30-26(33)29-20)18-8-9-21(19(27)14-18)35-24(31)17-10-12-28-13-11-17/h8-14,16,22-23H,2-7,15H2,1H3,(H,30,33). The molecule has 2 unspecified atom stereocenters. The summed E-state index contributed by atoms with van der Waals surface area (Å²) in [6.07, 6.45) is 9.07. The van der Waals surface area contributed by atoms with Crippen LogP contribution in [0.5, 0.6) is 5.75 Å². The Hall–Kier alpha value is -3.26. The van der Waals surface area contributed by atoms with Crippen LogP contribution in [0.2, 0.25) is 5.02 Å². The minimum atomic E-state index is -0.762. The number of nitrogens with one attached hydrogen (secondary N) is 1. The number of aliphatic imine (C=N–C) groups is 1. The van der Waals surface area contributed by atoms with Gasteiger partial charge < -0.3 is 14.8 Å². The number of aromatic nitrogens is 1. The number of amides is 2. The van der Waals surface area contributed by atoms with Crippen LogP contribution in [0.25, 0.3) is 0 Å². The number of carbonyl (C=O) groups excluding carboxylic acids is 3. The van der Waals surface area contributed by atoms with Crippen molar-refractivity contribution in [1.29, 1.82) is 0 Å². The third kappa shape index (κ3) is 6.06. The van der Waals surface area contributed by atoms with Gasteiger partial charge in [-0.1, -0.05) is 43.9 Å². The second-order valence-electron chi connectivity index (χ2n) is 8.81. The van der Waals surface area contributed by atoms with Gasteiger partial charge in [-0.25, -0.2) is 14.6 Å². The number of rotatable bonds is 7. The number of hydrogen-bond donors (Lipinski definition) is 1. The van der Waals surface area contributed by atoms with Crippen molar-refractivity contribution in [3.05, 3.63) is 58.9 Å². The zero-order valence-electron chi connectivity index (χ0n) is 19.5. The summed E-state index contributed by atoms with van der Waals surface area (Å²) in [7, 11) is 0. The summed E-state index contributed by atoms with van der Waals surface area (Å²) in [5.41, 5.74) is 1.40. The SMILES string of the molecule is CCC1=NC(=O)NC(c2ccc(OC(=O)c3ccncc3)c(Cl)c2)C1C(=O)OCC1CCCCC1. The van der Waals surface area contributed by atoms with E-state index in [0.29, 0.717) is 35.8 Å². The van der Waals surface area contributed by atoms with Crippen LogP contribution in [0.1, 0.15) is 67.4 Å². The summed E-state index contributed by atoms with van der Waals surface area (Å²) in [5.74, 6) is -1.21. The molecule has 0 bridgehead atoms. The van der Waals surface area contributed by atoms with E-state index >= 15 is 0 Å². The Bertz CT molecular complexity index is 1120. The second kappa shape index (κ2) is 11.4. The van der Waals surface area contributed by atoms with E-state index in [1.54, 1.807) is 18.2 Å². The molecule has 0 spiro atoms. The van der Waals surface area contributed by atoms with Crippen LogP contribution in [0.15, 0.2) is 47.7 Å². The van der Waals surface area contributed by atoms with E-state index in [9.17, 15) is 14.4 Å². The summed E-state index contributed by atoms with van der Waals surface area (Å²) >= 11 is 6.43. The summed E-state index contributed by atoms with van der Waals surface area (Å²) < 4.78 is 11.1. The van der Waals surface area contributed by atoms with Crippen LogP contribution in [0.4, 0.5) is 4.79 Å². The summed E-state index contributed by atoms with van der Waals surface area (Å²) in [5, 5.41) is 2.95. The predicted octanol–water partition coefficient (Wildman–Crippen LogP) is 5.31. The molecule has 2 amide bonds. The molecule has 8 nitrogen and oxygen atoms in total. The van der Waals surface area contributed by atoms with Crippen molar-refractivity contribution in [3.8, 4) is 5.75 Å². The number of pyridine rings is 1. The highest BCUT2D eigenvalue weighted by Gasteiger charge is 2.39. The molecule has 1 aromatic heterocycles. The number of esters is 2. The average Bonchev–Trinajstić information content (AvgIpc) is 2.89. The number of benzene rings is 1. The fourth-order valence-corrected chi connectivity index (χ4v) is 4.80. The first kappa shape index (κ1) is 24.9. The predicted molar refractivity (Wildman–Crippen MR) is 131 cm³/mol. The van der Waals surface area contributed by atoms with Crippen LogP contribution in [0.3, 0.4) is 0 Å². The first-order valence-corrected chi connectivity index (χ1v) is 12.3. The van der Waals surface area contributed by atoms with E-state index in [2.05, 4.69) is 15.3 Å². The first-order chi connectivity index (χ1) is 17.0. The van der Waals surface area contributed by atoms with Gasteiger partial charge in [0.15, 0.2) is 0 Å². The lowest BCUT2D eigenvalue weighted by Crippen LogP contribution is -2.45. The van der Waals surface area contributed by atoms with E-state index in [-0.39, 0.29) is 10.8 Å². The third-order valence-electron chi connectivity index (χ3n) is 6.45. The molecule has 1 aromatic carbocycles. The fraction of sp³-hybridized carbons (Fsp3) is 0.423. The normalized spacial score (nSPS) is 20.5. The molecule has 4 rings (SSSR count). The maximum Gasteiger partial charge on any atom is 0.343 e. The van der Waals surface area contributed by atoms with Gasteiger partial charge in [0.05, 0.1) is 23.2 Å². The summed E-state index contributed by atoms with van der Waals surface area (Å²) in [6.45, 7) is 2.22. The Morgan fingerprint density at radius 2 is 1.86 bits per heavy atom. The maximum absolute atomic E-state index is 13.2. The monoisotopic (exact) mass is 497 g/mol. The van der Waals surface area contributed by atoms with E-state index in [1.807, 2.05) is 6.92 Å². The molecule has 1 saturated carbocycles. The Morgan fingerprint density at radius 3 is 2.54 bits per heavy atom. The number of urea groups is 1. The molecule has 184 valence electrons. The molecular formula is C26H28ClN3O5. The lowest BCUT2D eigenvalue weighted by Gasteiger charge is -2.31. The molecule has 2 atom stereocenters. The lowest BCUT2D eigenvalue weighted by atomic mass is 9.86. The summed E-state index contributed by atoms with van der Waals surface area (Å²) in [4.78, 5) is 45.8. The Labute approximate surface area is 209 Å². The quantitative estimate of drug-likeness (QED) is 0.410. The molecule has 9 heteroatoms. The molecule has 1 aliphatic carbocycles. The van der Waals surface area contributed by atoms with Gasteiger partial charge in [-0.15, -0.1) is 0 Å². The van der Waals surface area contributed by atoms with Gasteiger partial charge in [0.1, 0.15) is 11.7 Å². The summed E-state index contributed by atoms with van der Waals surface area (Å²) in [6, 6.07) is 6.66. The molecule has 0 radical (unpaired) electrons. The van der Waals surface area contributed by atoms with Gasteiger partial charge in [0.25, 0.3) is 0 Å². The van der Waals surface area contributed by atoms with Crippen LogP contribution >= 0.6 is 11.6 Å². The first-order valence-electron chi connectivity index (χ1n) is 11.9. The Kier molecular flexibility index (Phi) is 8.13. The highest BCUT2D eigenvalue weighted by Crippen LogP contribution is 2.34. The van der Waals surface area contributed by atoms with E-state index in [1.165, 1.54) is 30.9 Å². The van der Waals surface area contributed by atoms with Crippen molar-refractivity contribution in [2.75, 3.05) is 6.61 Å². The third-order valence-corrected chi connectivity index (χ3v) is 6.75. The average molecular weight is 498 g/mol. The van der Waals surface area contributed by atoms with E-state index < -0.39 is 29.9 Å². The number of nitrogens with zero attached hydrogens (tertiary/aromatic N) is 2. The number of carbonyl (C=O) groups is 3. The van der Waals surface area contributed by atoms with Crippen molar-refractivity contribution in [1.82, 2.24) is 10.3 Å². The van der Waals surface area contributed by atoms with Gasteiger partial charge in [0.2, 0.25) is 0 Å². The molecule has 1 aliphatic heterocycles. The zero-order valence-corrected chi connectivity index (χ0v) is 20.3. The molecule has 1 N–H and O–H groups in total. The molecular weight excluding hydrogens is 470 g/mol. The number of hydrogen-bond acceptors (Lipinski definition) is 6. The fourth-order valence-electron chi connectivity index (χ4n) is 4.57. The smallest absolute Gasteiger partial charge is 0.343 e. The Balaban J connectivity index is 1.53. The molecule has 35 heavy (non-hydrogen) atoms. The van der Waals surface area contributed by atoms with Crippen LogP contribution in [-0.2, 0) is 9.53 Å². The number of ether oxygens (including phenoxy) is 2. The van der Waals surface area contributed by atoms with Crippen molar-refractivity contribution >= 4 is 35.3 Å². The Morgan fingerprint density at radius 1 is 1.11 bits per heavy atom. The largest absolute Gasteiger partial charge is 0.465 e. The van der Waals surface area contributed by atoms with E-state index in [0.717, 1.165) is 25.7 Å². The maximum atomic E-state index is 13.2. The minimum Gasteiger partial charge on any atom is -0.465 e. The van der Waals surface area contributed by atoms with Crippen LogP contribution in [0, 0.1) is 11.8 Å². The molecule has 0 saturated heterocycles. The van der Waals surface area contributed by atoms with Crippen LogP contribution < -0.4 is 10.1 Å². The van der Waals surface area contributed by atoms with Gasteiger partial charge in [-0.3, -0.25) is 9.78 Å². The molecule has 2 aromatic rings. The highest BCUT2D eigenvalue weighted by molar-refractivity contribution is 6.32. The zero-order chi connectivity index (χ0) is 24.8. The van der Waals surface area contributed by atoms with E-state index in [4.69, 9.17) is 21.1 Å². The van der Waals surface area contributed by atoms with Crippen LogP contribution in [-0.4, -0.2) is 35.3 Å². The molecule has 2 heterocycles. The molecule has 2 aliphatic rings. The highest BCUT2D eigenvalue weighted by atomic mass is 35.5. The molecule has 1 fully saturated rings. The lowest BCUT2D eigenvalue weighted by molar-refractivity contribution is -0.148. The number of halogens is 1. The van der Waals surface area contributed by atoms with Gasteiger partial charge in [-0.2, -0.15) is 0 Å². The van der Waals surface area contributed by atoms with Crippen molar-refractivity contribution in [2.24, 2.45) is 16.8 Å². The van der Waals surface area contributed by atoms with Gasteiger partial charge in [-0.05, 0) is 55.0 Å². The topological polar surface area (TPSA) is 107 Å². The van der Waals surface area contributed by atoms with Gasteiger partial charge in [0, 0.05) is 18.1 Å². The minimum absolute atomic E-state index is 0.167. The van der Waals surface area contributed by atoms with Crippen molar-refractivity contribution in [2.45, 2.75) is 51.5 Å². The van der Waals surface area contributed by atoms with Gasteiger partial charge >= 0.3 is 18.0 Å². The second-order valence-corrected chi connectivity index (χ2v) is 9.22. The van der Waals surface area contributed by atoms with Crippen molar-refractivity contribution < 1.29 is 23.9 Å². The van der Waals surface area contributed by atoms with Crippen molar-refractivity contribution in [3.63, 3.8) is 0 Å².